The first-order valence-electron chi connectivity index (χ1n) is 21.7. The molecule has 0 N–H and O–H groups in total. The van der Waals surface area contributed by atoms with E-state index in [4.69, 9.17) is 4.42 Å². The van der Waals surface area contributed by atoms with Crippen LogP contribution in [0.15, 0.2) is 200 Å². The number of fused-ring (bicyclic) bond motifs is 7. The molecule has 12 rings (SSSR count). The summed E-state index contributed by atoms with van der Waals surface area (Å²) in [5, 5.41) is 17.7. The van der Waals surface area contributed by atoms with Gasteiger partial charge in [0.15, 0.2) is 0 Å². The molecule has 12 aromatic rings. The van der Waals surface area contributed by atoms with Gasteiger partial charge < -0.3 is 4.42 Å². The maximum absolute atomic E-state index is 7.32. The SMILES string of the molecule is C=CC(=C)c1c(=C)ccc2c(-c3ccc4c5ccc(-c6ccc7ccc8cccc9ccc6c7c89)cc5c5oc(-c6ccccc6)c(-c6ccccc6)c5c4c3)cc/c(=C/C)c12.CS. The molecule has 11 aromatic carbocycles. The van der Waals surface area contributed by atoms with Gasteiger partial charge in [-0.2, -0.15) is 12.6 Å². The van der Waals surface area contributed by atoms with Crippen molar-refractivity contribution in [1.82, 2.24) is 0 Å². The quantitative estimate of drug-likeness (QED) is 0.100. The van der Waals surface area contributed by atoms with Gasteiger partial charge in [0.2, 0.25) is 0 Å². The third-order valence-corrected chi connectivity index (χ3v) is 13.2. The van der Waals surface area contributed by atoms with Crippen LogP contribution in [0, 0.1) is 0 Å². The summed E-state index contributed by atoms with van der Waals surface area (Å²) in [7, 11) is 0. The van der Waals surface area contributed by atoms with Gasteiger partial charge >= 0.3 is 0 Å². The van der Waals surface area contributed by atoms with E-state index in [0.717, 1.165) is 98.6 Å². The highest BCUT2D eigenvalue weighted by Gasteiger charge is 2.24. The minimum absolute atomic E-state index is 0.864. The normalized spacial score (nSPS) is 12.0. The summed E-state index contributed by atoms with van der Waals surface area (Å²) in [5.41, 5.74) is 10.7. The average Bonchev–Trinajstić information content (AvgIpc) is 3.77. The lowest BCUT2D eigenvalue weighted by Crippen LogP contribution is -2.13. The summed E-state index contributed by atoms with van der Waals surface area (Å²) in [5.74, 6) is 0.864. The minimum Gasteiger partial charge on any atom is -0.455 e. The lowest BCUT2D eigenvalue weighted by molar-refractivity contribution is 0.636. The van der Waals surface area contributed by atoms with Crippen LogP contribution in [0.3, 0.4) is 0 Å². The molecule has 1 nitrogen and oxygen atoms in total. The Bertz CT molecular complexity index is 3950. The van der Waals surface area contributed by atoms with Gasteiger partial charge in [0, 0.05) is 21.9 Å². The molecular weight excluding hydrogens is 793 g/mol. The Morgan fingerprint density at radius 2 is 1.03 bits per heavy atom. The standard InChI is InChI=1S/C61H40O.CH4S/c1-5-36(3)54-37(4)20-28-50-46(29-23-38(6-2)56(50)54)44-26-31-48-49-32-27-45(47-30-24-42-22-21-40-18-13-19-41-25-33-51(47)57(42)55(40)41)35-53(49)61-59(52(48)34-44)58(39-14-9-7-10-15-39)60(62-61)43-16-11-8-12-17-43;1-2/h5-35H,1,3-4H2,2H3;2H,1H3/b38-6-;. The Morgan fingerprint density at radius 1 is 0.484 bits per heavy atom. The van der Waals surface area contributed by atoms with Crippen molar-refractivity contribution in [2.45, 2.75) is 6.92 Å². The lowest BCUT2D eigenvalue weighted by atomic mass is 9.87. The van der Waals surface area contributed by atoms with E-state index in [-0.39, 0.29) is 0 Å². The van der Waals surface area contributed by atoms with Crippen LogP contribution in [-0.2, 0) is 0 Å². The van der Waals surface area contributed by atoms with Gasteiger partial charge in [-0.05, 0) is 134 Å². The Morgan fingerprint density at radius 3 is 1.70 bits per heavy atom. The molecule has 0 saturated carbocycles. The first kappa shape index (κ1) is 39.2. The number of allylic oxidation sites excluding steroid dienone is 2. The zero-order chi connectivity index (χ0) is 43.6. The van der Waals surface area contributed by atoms with Crippen molar-refractivity contribution in [1.29, 1.82) is 0 Å². The summed E-state index contributed by atoms with van der Waals surface area (Å²) < 4.78 is 7.32. The smallest absolute Gasteiger partial charge is 0.143 e. The largest absolute Gasteiger partial charge is 0.455 e. The zero-order valence-corrected chi connectivity index (χ0v) is 36.8. The van der Waals surface area contributed by atoms with Crippen LogP contribution in [0.5, 0.6) is 0 Å². The number of rotatable bonds is 6. The van der Waals surface area contributed by atoms with Crippen LogP contribution in [0.25, 0.3) is 139 Å². The van der Waals surface area contributed by atoms with Crippen molar-refractivity contribution in [3.8, 4) is 44.7 Å². The zero-order valence-electron chi connectivity index (χ0n) is 35.9. The Kier molecular flexibility index (Phi) is 9.56. The number of hydrogen-bond donors (Lipinski definition) is 1. The van der Waals surface area contributed by atoms with Crippen molar-refractivity contribution in [3.63, 3.8) is 0 Å². The average molecular weight is 837 g/mol. The second-order valence-electron chi connectivity index (χ2n) is 16.5. The van der Waals surface area contributed by atoms with Crippen LogP contribution in [-0.4, -0.2) is 6.26 Å². The molecule has 2 heteroatoms. The van der Waals surface area contributed by atoms with Gasteiger partial charge in [-0.25, -0.2) is 0 Å². The molecule has 0 spiro atoms. The van der Waals surface area contributed by atoms with E-state index in [1.54, 1.807) is 6.26 Å². The second kappa shape index (κ2) is 15.6. The third kappa shape index (κ3) is 5.94. The minimum atomic E-state index is 0.864. The topological polar surface area (TPSA) is 13.1 Å². The van der Waals surface area contributed by atoms with Crippen LogP contribution in [0.1, 0.15) is 12.5 Å². The number of benzene rings is 11. The fourth-order valence-corrected chi connectivity index (χ4v) is 10.3. The van der Waals surface area contributed by atoms with E-state index in [1.807, 2.05) is 6.08 Å². The molecule has 0 atom stereocenters. The summed E-state index contributed by atoms with van der Waals surface area (Å²) in [6, 6.07) is 64.3. The highest BCUT2D eigenvalue weighted by atomic mass is 32.1. The highest BCUT2D eigenvalue weighted by Crippen LogP contribution is 2.49. The van der Waals surface area contributed by atoms with Crippen LogP contribution in [0.2, 0.25) is 0 Å². The maximum Gasteiger partial charge on any atom is 0.143 e. The van der Waals surface area contributed by atoms with E-state index in [9.17, 15) is 0 Å². The van der Waals surface area contributed by atoms with Gasteiger partial charge in [-0.15, -0.1) is 0 Å². The van der Waals surface area contributed by atoms with E-state index in [2.05, 4.69) is 221 Å². The number of thiol groups is 1. The van der Waals surface area contributed by atoms with Gasteiger partial charge in [0.05, 0.1) is 0 Å². The van der Waals surface area contributed by atoms with Crippen LogP contribution < -0.4 is 10.4 Å². The Hall–Kier alpha value is -7.65. The molecule has 0 bridgehead atoms. The second-order valence-corrected chi connectivity index (χ2v) is 16.5. The first-order chi connectivity index (χ1) is 31.5. The Balaban J connectivity index is 0.00000225. The van der Waals surface area contributed by atoms with Crippen molar-refractivity contribution in [3.05, 3.63) is 211 Å². The number of hydrogen-bond acceptors (Lipinski definition) is 2. The number of furan rings is 1. The fraction of sp³-hybridized carbons (Fsp3) is 0.0323. The molecule has 1 aromatic heterocycles. The molecule has 0 saturated heterocycles. The summed E-state index contributed by atoms with van der Waals surface area (Å²) in [4.78, 5) is 0. The van der Waals surface area contributed by atoms with Crippen molar-refractivity contribution in [2.24, 2.45) is 0 Å². The van der Waals surface area contributed by atoms with Gasteiger partial charge in [0.1, 0.15) is 11.3 Å². The highest BCUT2D eigenvalue weighted by molar-refractivity contribution is 7.79. The van der Waals surface area contributed by atoms with E-state index in [0.29, 0.717) is 0 Å². The van der Waals surface area contributed by atoms with Crippen LogP contribution >= 0.6 is 12.6 Å². The molecule has 0 fully saturated rings. The van der Waals surface area contributed by atoms with Crippen molar-refractivity contribution in [2.75, 3.05) is 6.26 Å². The molecular formula is C62H44OS. The molecule has 0 aliphatic rings. The third-order valence-electron chi connectivity index (χ3n) is 13.2. The fourth-order valence-electron chi connectivity index (χ4n) is 10.3. The predicted octanol–water partition coefficient (Wildman–Crippen LogP) is 16.4. The maximum atomic E-state index is 7.32. The van der Waals surface area contributed by atoms with E-state index >= 15 is 0 Å². The molecule has 0 aliphatic carbocycles. The van der Waals surface area contributed by atoms with E-state index < -0.39 is 0 Å². The summed E-state index contributed by atoms with van der Waals surface area (Å²) >= 11 is 3.53. The first-order valence-corrected chi connectivity index (χ1v) is 22.6. The van der Waals surface area contributed by atoms with Gasteiger partial charge in [-0.3, -0.25) is 0 Å². The summed E-state index contributed by atoms with van der Waals surface area (Å²) in [6.07, 6.45) is 5.69. The molecule has 64 heavy (non-hydrogen) atoms. The molecule has 0 radical (unpaired) electrons. The summed E-state index contributed by atoms with van der Waals surface area (Å²) in [6.45, 7) is 15.0. The van der Waals surface area contributed by atoms with E-state index in [1.165, 1.54) is 43.3 Å². The molecule has 0 aliphatic heterocycles. The monoisotopic (exact) mass is 836 g/mol. The molecule has 1 heterocycles. The molecule has 0 amide bonds. The van der Waals surface area contributed by atoms with Crippen molar-refractivity contribution < 1.29 is 4.42 Å². The van der Waals surface area contributed by atoms with Crippen molar-refractivity contribution >= 4 is 106 Å². The van der Waals surface area contributed by atoms with Crippen LogP contribution in [0.4, 0.5) is 0 Å². The lowest BCUT2D eigenvalue weighted by Gasteiger charge is -2.16. The molecule has 304 valence electrons. The Labute approximate surface area is 378 Å². The molecule has 0 unspecified atom stereocenters. The predicted molar refractivity (Wildman–Crippen MR) is 283 cm³/mol. The van der Waals surface area contributed by atoms with Gasteiger partial charge in [-0.1, -0.05) is 196 Å². The van der Waals surface area contributed by atoms with Gasteiger partial charge in [0.25, 0.3) is 0 Å².